The van der Waals surface area contributed by atoms with Gasteiger partial charge in [-0.15, -0.1) is 0 Å². The van der Waals surface area contributed by atoms with Gasteiger partial charge in [-0.3, -0.25) is 19.2 Å². The zero-order valence-corrected chi connectivity index (χ0v) is 54.6. The number of alkyl halides is 5. The number of allylic oxidation sites excluding steroid dienone is 2. The highest BCUT2D eigenvalue weighted by Gasteiger charge is 2.37. The third kappa shape index (κ3) is 20.6. The first-order chi connectivity index (χ1) is 47.0. The summed E-state index contributed by atoms with van der Waals surface area (Å²) in [6, 6.07) is 24.2. The highest BCUT2D eigenvalue weighted by atomic mass is 19.4. The van der Waals surface area contributed by atoms with Crippen LogP contribution in [0.2, 0.25) is 0 Å². The summed E-state index contributed by atoms with van der Waals surface area (Å²) in [5, 5.41) is 6.63. The van der Waals surface area contributed by atoms with E-state index in [-0.39, 0.29) is 79.8 Å². The summed E-state index contributed by atoms with van der Waals surface area (Å²) < 4.78 is 76.8. The van der Waals surface area contributed by atoms with Gasteiger partial charge < -0.3 is 64.3 Å². The fraction of sp³-hybridized carbons (Fsp3) is 0.304. The Balaban J connectivity index is 0.000000239. The van der Waals surface area contributed by atoms with Crippen molar-refractivity contribution >= 4 is 70.2 Å². The minimum atomic E-state index is -4.75. The molecule has 29 heteroatoms. The lowest BCUT2D eigenvalue weighted by Gasteiger charge is -2.28. The lowest BCUT2D eigenvalue weighted by Crippen LogP contribution is -2.44. The van der Waals surface area contributed by atoms with Crippen LogP contribution in [0.15, 0.2) is 134 Å². The standard InChI is InChI=1S/C18H22F2N4O2.2C18H21N5O.C15H15F3N4O2.2H2/c1-10(2)8-11(21)9-26-14-6-5-12(17(19)20)15(24-14)16(25)13-4-3-7-23-18(13)22;2*1-2-4-13-6-7-15(23-11-9-20-10-12-23)22-16(13)17(24)14-5-3-8-21-18(14)19;16-15(17,18)10-4-5-11(24-8-2-6-19)22-12(10)13(23)9-3-1-7-21-14(9)20;;/h3-7,10-11,17H,8-9,21H2,1-2H3,(H2,22,23);2*2-8,20H,9-12H2,1H3,(H2,19,21);1,3-5,7H,2,6,8,19H2,(H2,20,21);2*1H/b;4-2+;4-2-;;;/t11-;;;;;/m0...../s1. The van der Waals surface area contributed by atoms with Crippen LogP contribution in [0.3, 0.4) is 0 Å². The molecule has 0 bridgehead atoms. The Morgan fingerprint density at radius 3 is 1.35 bits per heavy atom. The number of nitrogens with two attached hydrogens (primary N) is 6. The Morgan fingerprint density at radius 2 is 0.959 bits per heavy atom. The Kier molecular flexibility index (Phi) is 27.7. The molecule has 14 N–H and O–H groups in total. The number of aromatic nitrogens is 8. The fourth-order valence-corrected chi connectivity index (χ4v) is 9.94. The molecule has 2 saturated heterocycles. The van der Waals surface area contributed by atoms with Gasteiger partial charge in [0.25, 0.3) is 6.43 Å². The minimum absolute atomic E-state index is 0. The molecule has 24 nitrogen and oxygen atoms in total. The van der Waals surface area contributed by atoms with Crippen molar-refractivity contribution in [1.29, 1.82) is 0 Å². The van der Waals surface area contributed by atoms with Gasteiger partial charge in [-0.1, -0.05) is 38.2 Å². The highest BCUT2D eigenvalue weighted by molar-refractivity contribution is 6.14. The van der Waals surface area contributed by atoms with Gasteiger partial charge in [-0.2, -0.15) is 13.2 Å². The van der Waals surface area contributed by atoms with Crippen LogP contribution in [0.25, 0.3) is 12.2 Å². The van der Waals surface area contributed by atoms with Crippen molar-refractivity contribution in [3.8, 4) is 11.8 Å². The van der Waals surface area contributed by atoms with Gasteiger partial charge in [-0.05, 0) is 124 Å². The second kappa shape index (κ2) is 36.4. The van der Waals surface area contributed by atoms with E-state index in [1.54, 1.807) is 36.7 Å². The molecule has 8 aromatic heterocycles. The van der Waals surface area contributed by atoms with Crippen molar-refractivity contribution < 1.29 is 53.5 Å². The summed E-state index contributed by atoms with van der Waals surface area (Å²) >= 11 is 0. The first-order valence-electron chi connectivity index (χ1n) is 31.3. The van der Waals surface area contributed by atoms with E-state index in [2.05, 4.69) is 60.3 Å². The van der Waals surface area contributed by atoms with Crippen LogP contribution in [-0.4, -0.2) is 141 Å². The van der Waals surface area contributed by atoms with Crippen molar-refractivity contribution in [2.75, 3.05) is 105 Å². The van der Waals surface area contributed by atoms with Crippen LogP contribution in [0, 0.1) is 5.92 Å². The molecule has 2 fully saturated rings. The van der Waals surface area contributed by atoms with E-state index in [1.807, 2.05) is 76.3 Å². The number of anilines is 6. The number of carbonyl (C=O) groups excluding carboxylic acids is 4. The number of carbonyl (C=O) groups is 4. The maximum atomic E-state index is 13.3. The van der Waals surface area contributed by atoms with Crippen molar-refractivity contribution in [3.05, 3.63) is 201 Å². The molecule has 0 aromatic carbocycles. The summed E-state index contributed by atoms with van der Waals surface area (Å²) in [4.78, 5) is 87.8. The molecule has 10 heterocycles. The van der Waals surface area contributed by atoms with E-state index >= 15 is 0 Å². The van der Waals surface area contributed by atoms with E-state index in [0.29, 0.717) is 41.4 Å². The second-order valence-corrected chi connectivity index (χ2v) is 22.4. The Hall–Kier alpha value is -10.8. The largest absolute Gasteiger partial charge is 0.478 e. The highest BCUT2D eigenvalue weighted by Crippen LogP contribution is 2.34. The van der Waals surface area contributed by atoms with Crippen LogP contribution in [0.4, 0.5) is 56.9 Å². The number of pyridine rings is 8. The zero-order valence-electron chi connectivity index (χ0n) is 54.6. The number of hydrogen-bond acceptors (Lipinski definition) is 24. The molecule has 0 amide bonds. The van der Waals surface area contributed by atoms with E-state index in [1.165, 1.54) is 42.7 Å². The van der Waals surface area contributed by atoms with Gasteiger partial charge in [-0.25, -0.2) is 48.7 Å². The van der Waals surface area contributed by atoms with Gasteiger partial charge in [0, 0.05) is 115 Å². The molecule has 10 rings (SSSR count). The summed E-state index contributed by atoms with van der Waals surface area (Å²) in [6.45, 7) is 15.7. The first-order valence-corrected chi connectivity index (χ1v) is 31.3. The fourth-order valence-electron chi connectivity index (χ4n) is 9.94. The van der Waals surface area contributed by atoms with Crippen LogP contribution in [0.1, 0.15) is 136 Å². The molecular formula is C69H83F5N18O6. The quantitative estimate of drug-likeness (QED) is 0.0178. The van der Waals surface area contributed by atoms with Gasteiger partial charge in [0.2, 0.25) is 34.9 Å². The Labute approximate surface area is 566 Å². The van der Waals surface area contributed by atoms with Crippen molar-refractivity contribution in [1.82, 2.24) is 50.5 Å². The smallest absolute Gasteiger partial charge is 0.418 e. The molecule has 0 unspecified atom stereocenters. The van der Waals surface area contributed by atoms with E-state index < -0.39 is 46.7 Å². The molecule has 520 valence electrons. The van der Waals surface area contributed by atoms with E-state index in [4.69, 9.17) is 43.9 Å². The Bertz CT molecular complexity index is 3960. The topological polar surface area (TPSA) is 377 Å². The number of ketones is 4. The molecular weight excluding hydrogens is 1270 g/mol. The number of nitrogen functional groups attached to an aromatic ring is 4. The number of halogens is 5. The normalized spacial score (nSPS) is 13.4. The first kappa shape index (κ1) is 74.6. The van der Waals surface area contributed by atoms with Crippen LogP contribution in [-0.2, 0) is 6.18 Å². The van der Waals surface area contributed by atoms with Crippen molar-refractivity contribution in [2.24, 2.45) is 17.4 Å². The lowest BCUT2D eigenvalue weighted by atomic mass is 10.0. The second-order valence-electron chi connectivity index (χ2n) is 22.4. The minimum Gasteiger partial charge on any atom is -0.478 e. The molecule has 2 aliphatic rings. The SMILES string of the molecule is C/C=C/c1ccc(N2CCNCC2)nc1C(=O)c1cccnc1N.C/C=C\c1ccc(N2CCNCC2)nc1C(=O)c1cccnc1N.CC(C)C[C@H](N)COc1ccc(C(F)F)c(C(=O)c2cccnc2N)n1.NCCCOc1ccc(C(F)(F)F)c(C(=O)c2cccnc2N)n1.[HH].[HH]. The number of piperazine rings is 2. The molecule has 0 radical (unpaired) electrons. The number of rotatable bonds is 22. The van der Waals surface area contributed by atoms with Gasteiger partial charge in [0.1, 0.15) is 64.3 Å². The van der Waals surface area contributed by atoms with E-state index in [0.717, 1.165) is 99.7 Å². The third-order valence-electron chi connectivity index (χ3n) is 14.7. The summed E-state index contributed by atoms with van der Waals surface area (Å²) in [6.07, 6.45) is 7.07. The average molecular weight is 1360 g/mol. The maximum Gasteiger partial charge on any atom is 0.418 e. The predicted octanol–water partition coefficient (Wildman–Crippen LogP) is 8.97. The van der Waals surface area contributed by atoms with Gasteiger partial charge in [0.05, 0.1) is 34.4 Å². The molecule has 0 saturated carbocycles. The molecule has 1 atom stereocenters. The van der Waals surface area contributed by atoms with Crippen molar-refractivity contribution in [3.63, 3.8) is 0 Å². The van der Waals surface area contributed by atoms with Crippen LogP contribution >= 0.6 is 0 Å². The number of nitrogens with one attached hydrogen (secondary N) is 2. The molecule has 98 heavy (non-hydrogen) atoms. The third-order valence-corrected chi connectivity index (χ3v) is 14.7. The maximum absolute atomic E-state index is 13.3. The lowest BCUT2D eigenvalue weighted by molar-refractivity contribution is -0.138. The van der Waals surface area contributed by atoms with Gasteiger partial charge >= 0.3 is 6.18 Å². The average Bonchev–Trinajstić information content (AvgIpc) is 0.849. The van der Waals surface area contributed by atoms with E-state index in [9.17, 15) is 41.1 Å². The predicted molar refractivity (Wildman–Crippen MR) is 371 cm³/mol. The number of hydrogen-bond donors (Lipinski definition) is 8. The number of nitrogens with zero attached hydrogens (tertiary/aromatic N) is 10. The molecule has 8 aromatic rings. The molecule has 2 aliphatic heterocycles. The Morgan fingerprint density at radius 1 is 0.561 bits per heavy atom. The summed E-state index contributed by atoms with van der Waals surface area (Å²) in [5.74, 6) is 0.0981. The van der Waals surface area contributed by atoms with Crippen LogP contribution in [0.5, 0.6) is 11.8 Å². The molecule has 0 aliphatic carbocycles. The monoisotopic (exact) mass is 1350 g/mol. The summed E-state index contributed by atoms with van der Waals surface area (Å²) in [7, 11) is 0. The number of ether oxygens (including phenoxy) is 2. The summed E-state index contributed by atoms with van der Waals surface area (Å²) in [5.41, 5.74) is 34.4. The van der Waals surface area contributed by atoms with Crippen molar-refractivity contribution in [2.45, 2.75) is 59.2 Å². The zero-order chi connectivity index (χ0) is 70.9. The van der Waals surface area contributed by atoms with Gasteiger partial charge in [0.15, 0.2) is 0 Å². The van der Waals surface area contributed by atoms with Crippen LogP contribution < -0.4 is 64.3 Å². The molecule has 0 spiro atoms.